The Morgan fingerprint density at radius 3 is 1.03 bits per heavy atom. The molecule has 0 bridgehead atoms. The highest BCUT2D eigenvalue weighted by Gasteiger charge is 2.01. The lowest BCUT2D eigenvalue weighted by Gasteiger charge is -1.96. The van der Waals surface area contributed by atoms with E-state index < -0.39 is 0 Å². The van der Waals surface area contributed by atoms with Crippen molar-refractivity contribution < 1.29 is 0 Å². The average molecular weight is 1910 g/mol. The minimum absolute atomic E-state index is 0.823. The van der Waals surface area contributed by atoms with Gasteiger partial charge in [-0.15, -0.1) is 0 Å². The Morgan fingerprint density at radius 2 is 0.441 bits per heavy atom. The summed E-state index contributed by atoms with van der Waals surface area (Å²) in [7, 11) is 0. The Kier molecular flexibility index (Phi) is 68.0. The van der Waals surface area contributed by atoms with Crippen LogP contribution in [0.25, 0.3) is 120 Å². The zero-order valence-corrected chi connectivity index (χ0v) is 91.9. The van der Waals surface area contributed by atoms with Crippen molar-refractivity contribution >= 4 is 120 Å². The van der Waals surface area contributed by atoms with Gasteiger partial charge < -0.3 is 0 Å². The molecule has 22 rings (SSSR count). The molecule has 16 nitrogen and oxygen atoms in total. The minimum Gasteiger partial charge on any atom is -0.264 e. The molecule has 14 heterocycles. The molecular formula is C127H160N16. The SMILES string of the molecule is CC.CC.CC.CC.CC.CC.CC.CC.CC.CC.CC.Cc1cc2ccccc2cn1.Cc1ccc2ccccc2n1.Cc1ccc2cccnc2c1.Cc1ccc2ccncc2c1.Cc1ccc2ccncc2n1.Cc1ccc2cnccc2c1.Cc1ccc2cnccc2n1.Cc1ccc2ncccc2c1.Cc1ccc2ncccc2n1.Cc1cnc2ccccc2n1.Cc1ncc2ccccc2n1. The second-order valence-electron chi connectivity index (χ2n) is 28.7. The highest BCUT2D eigenvalue weighted by Crippen LogP contribution is 2.20. The van der Waals surface area contributed by atoms with Crippen molar-refractivity contribution in [2.24, 2.45) is 0 Å². The molecule has 0 saturated heterocycles. The van der Waals surface area contributed by atoms with E-state index in [9.17, 15) is 0 Å². The molecule has 0 aliphatic heterocycles. The first-order valence-electron chi connectivity index (χ1n) is 50.7. The Bertz CT molecular complexity index is 5660. The molecule has 22 aromatic rings. The molecule has 0 N–H and O–H groups in total. The van der Waals surface area contributed by atoms with Crippen LogP contribution in [0.2, 0.25) is 0 Å². The third kappa shape index (κ3) is 46.9. The number of benzene rings is 8. The molecule has 0 aliphatic rings. The summed E-state index contributed by atoms with van der Waals surface area (Å²) < 4.78 is 0. The van der Waals surface area contributed by atoms with Crippen molar-refractivity contribution in [3.05, 3.63) is 434 Å². The van der Waals surface area contributed by atoms with Gasteiger partial charge in [-0.25, -0.2) is 15.0 Å². The summed E-state index contributed by atoms with van der Waals surface area (Å²) in [4.78, 5) is 67.2. The van der Waals surface area contributed by atoms with Crippen molar-refractivity contribution in [1.82, 2.24) is 79.7 Å². The number of fused-ring (bicyclic) bond motifs is 11. The van der Waals surface area contributed by atoms with E-state index in [1.54, 1.807) is 31.0 Å². The number of pyridine rings is 12. The standard InChI is InChI=1S/6C10H9N.5C9H8N2.11C2H6/c1-8-2-3-10-7-11-5-4-9(10)6-8;1-8-2-3-9-4-5-11-7-10(9)6-8;1-8-4-5-10-9(7-8)3-2-6-11-10;1-8-4-5-9-3-2-6-11-10(9)7-8;1-8-6-9-4-2-3-5-10(9)7-11-8;1-8-6-7-9-4-2-3-5-10(9)11-8;1-7-2-3-8-6-10-5-4-9(8)11-7;1-7-2-3-8-4-5-10-6-9(8)11-7;1-7-4-5-8-9(11-7)3-2-6-10-8;1-7-10-6-8-4-2-3-5-9(8)11-7;1-7-6-10-8-4-2-3-5-9(8)11-7;11*1-2/h6*2-7H,1H3;5*2-6H,1H3;11*1-2H3. The summed E-state index contributed by atoms with van der Waals surface area (Å²) >= 11 is 0. The van der Waals surface area contributed by atoms with Gasteiger partial charge in [-0.3, -0.25) is 64.8 Å². The predicted octanol–water partition coefficient (Wildman–Crippen LogP) is 36.2. The van der Waals surface area contributed by atoms with Gasteiger partial charge in [0.15, 0.2) is 0 Å². The van der Waals surface area contributed by atoms with Crippen molar-refractivity contribution in [1.29, 1.82) is 0 Å². The Hall–Kier alpha value is -15.4. The summed E-state index contributed by atoms with van der Waals surface area (Å²) in [6, 6.07) is 95.6. The maximum atomic E-state index is 4.38. The van der Waals surface area contributed by atoms with Crippen LogP contribution in [-0.4, -0.2) is 79.7 Å². The van der Waals surface area contributed by atoms with E-state index in [4.69, 9.17) is 0 Å². The number of aryl methyl sites for hydroxylation is 11. The Labute approximate surface area is 856 Å². The topological polar surface area (TPSA) is 206 Å². The van der Waals surface area contributed by atoms with Crippen LogP contribution in [0.5, 0.6) is 0 Å². The molecule has 0 spiro atoms. The number of aromatic nitrogens is 16. The van der Waals surface area contributed by atoms with E-state index in [-0.39, 0.29) is 0 Å². The van der Waals surface area contributed by atoms with Gasteiger partial charge in [0.25, 0.3) is 0 Å². The molecule has 0 amide bonds. The predicted molar refractivity (Wildman–Crippen MR) is 625 cm³/mol. The van der Waals surface area contributed by atoms with Crippen molar-refractivity contribution in [3.63, 3.8) is 0 Å². The Balaban J connectivity index is 0.000000771. The summed E-state index contributed by atoms with van der Waals surface area (Å²) in [6.07, 6.45) is 25.5. The van der Waals surface area contributed by atoms with Crippen LogP contribution in [0, 0.1) is 76.2 Å². The first kappa shape index (κ1) is 126. The van der Waals surface area contributed by atoms with Crippen LogP contribution in [0.15, 0.2) is 372 Å². The van der Waals surface area contributed by atoms with E-state index in [2.05, 4.69) is 223 Å². The van der Waals surface area contributed by atoms with Gasteiger partial charge in [0, 0.05) is 158 Å². The van der Waals surface area contributed by atoms with Crippen LogP contribution in [0.3, 0.4) is 0 Å². The lowest BCUT2D eigenvalue weighted by atomic mass is 10.1. The third-order valence-corrected chi connectivity index (χ3v) is 18.7. The van der Waals surface area contributed by atoms with E-state index in [1.807, 2.05) is 426 Å². The van der Waals surface area contributed by atoms with Gasteiger partial charge in [-0.1, -0.05) is 315 Å². The third-order valence-electron chi connectivity index (χ3n) is 18.7. The fourth-order valence-electron chi connectivity index (χ4n) is 12.4. The lowest BCUT2D eigenvalue weighted by molar-refractivity contribution is 1.09. The maximum Gasteiger partial charge on any atom is 0.125 e. The Morgan fingerprint density at radius 1 is 0.133 bits per heavy atom. The molecule has 16 heteroatoms. The second kappa shape index (κ2) is 77.4. The zero-order valence-electron chi connectivity index (χ0n) is 91.9. The number of hydrogen-bond donors (Lipinski definition) is 0. The fraction of sp³-hybridized carbons (Fsp3) is 0.260. The highest BCUT2D eigenvalue weighted by molar-refractivity contribution is 5.86. The summed E-state index contributed by atoms with van der Waals surface area (Å²) in [6.45, 7) is 66.1. The first-order chi connectivity index (χ1) is 70.0. The molecule has 8 aromatic carbocycles. The summed E-state index contributed by atoms with van der Waals surface area (Å²) in [5.74, 6) is 0.823. The van der Waals surface area contributed by atoms with Gasteiger partial charge in [0.2, 0.25) is 0 Å². The molecule has 14 aromatic heterocycles. The van der Waals surface area contributed by atoms with E-state index in [1.165, 1.54) is 70.7 Å². The number of hydrogen-bond acceptors (Lipinski definition) is 16. The van der Waals surface area contributed by atoms with E-state index in [0.29, 0.717) is 0 Å². The van der Waals surface area contributed by atoms with Crippen molar-refractivity contribution in [2.45, 2.75) is 228 Å². The van der Waals surface area contributed by atoms with Gasteiger partial charge in [0.1, 0.15) is 5.82 Å². The molecule has 0 radical (unpaired) electrons. The largest absolute Gasteiger partial charge is 0.264 e. The molecule has 0 unspecified atom stereocenters. The molecule has 748 valence electrons. The second-order valence-corrected chi connectivity index (χ2v) is 28.7. The average Bonchev–Trinajstić information content (AvgIpc) is 0.929. The van der Waals surface area contributed by atoms with Gasteiger partial charge in [-0.05, 0) is 237 Å². The summed E-state index contributed by atoms with van der Waals surface area (Å²) in [5.41, 5.74) is 21.4. The van der Waals surface area contributed by atoms with E-state index in [0.717, 1.165) is 111 Å². The maximum absolute atomic E-state index is 4.38. The quantitative estimate of drug-likeness (QED) is 0.138. The highest BCUT2D eigenvalue weighted by atomic mass is 14.9. The molecule has 0 aliphatic carbocycles. The van der Waals surface area contributed by atoms with E-state index >= 15 is 0 Å². The molecule has 0 saturated carbocycles. The van der Waals surface area contributed by atoms with Crippen LogP contribution < -0.4 is 0 Å². The molecular weight excluding hydrogens is 1750 g/mol. The number of para-hydroxylation sites is 4. The smallest absolute Gasteiger partial charge is 0.125 e. The van der Waals surface area contributed by atoms with Gasteiger partial charge >= 0.3 is 0 Å². The molecule has 0 atom stereocenters. The first-order valence-corrected chi connectivity index (χ1v) is 50.7. The van der Waals surface area contributed by atoms with Crippen LogP contribution in [0.1, 0.15) is 215 Å². The zero-order chi connectivity index (χ0) is 106. The van der Waals surface area contributed by atoms with Gasteiger partial charge in [-0.2, -0.15) is 0 Å². The van der Waals surface area contributed by atoms with Crippen molar-refractivity contribution in [2.75, 3.05) is 0 Å². The normalized spacial score (nSPS) is 9.15. The monoisotopic (exact) mass is 1910 g/mol. The van der Waals surface area contributed by atoms with Crippen LogP contribution in [-0.2, 0) is 0 Å². The molecule has 0 fully saturated rings. The van der Waals surface area contributed by atoms with Gasteiger partial charge in [0.05, 0.1) is 67.1 Å². The van der Waals surface area contributed by atoms with Crippen LogP contribution in [0.4, 0.5) is 0 Å². The van der Waals surface area contributed by atoms with Crippen LogP contribution >= 0.6 is 0 Å². The summed E-state index contributed by atoms with van der Waals surface area (Å²) in [5, 5.41) is 14.4. The minimum atomic E-state index is 0.823. The number of rotatable bonds is 0. The fourth-order valence-corrected chi connectivity index (χ4v) is 12.4. The number of nitrogens with zero attached hydrogens (tertiary/aromatic N) is 16. The van der Waals surface area contributed by atoms with Crippen molar-refractivity contribution in [3.8, 4) is 0 Å². The molecule has 143 heavy (non-hydrogen) atoms. The lowest BCUT2D eigenvalue weighted by Crippen LogP contribution is -1.86.